The lowest BCUT2D eigenvalue weighted by molar-refractivity contribution is -0.112. The van der Waals surface area contributed by atoms with Gasteiger partial charge in [-0.15, -0.1) is 0 Å². The number of hydrogen-bond acceptors (Lipinski definition) is 2. The number of rotatable bonds is 3. The Morgan fingerprint density at radius 2 is 1.82 bits per heavy atom. The van der Waals surface area contributed by atoms with E-state index in [1.807, 2.05) is 18.2 Å². The molecule has 0 aliphatic heterocycles. The Morgan fingerprint density at radius 1 is 1.14 bits per heavy atom. The molecular weight excluding hydrogens is 387 g/mol. The molecule has 0 aliphatic carbocycles. The number of amides is 1. The van der Waals surface area contributed by atoms with Crippen LogP contribution >= 0.6 is 39.1 Å². The first-order valence-electron chi connectivity index (χ1n) is 6.13. The third-order valence-electron chi connectivity index (χ3n) is 2.72. The van der Waals surface area contributed by atoms with Gasteiger partial charge in [0, 0.05) is 10.2 Å². The van der Waals surface area contributed by atoms with E-state index in [9.17, 15) is 4.79 Å². The summed E-state index contributed by atoms with van der Waals surface area (Å²) >= 11 is 15.0. The lowest BCUT2D eigenvalue weighted by Gasteiger charge is -2.05. The van der Waals surface area contributed by atoms with E-state index in [1.165, 1.54) is 12.1 Å². The fourth-order valence-corrected chi connectivity index (χ4v) is 2.21. The molecule has 2 aromatic rings. The quantitative estimate of drug-likeness (QED) is 0.566. The van der Waals surface area contributed by atoms with Gasteiger partial charge in [0.25, 0.3) is 5.91 Å². The Kier molecular flexibility index (Phi) is 5.62. The molecule has 22 heavy (non-hydrogen) atoms. The number of hydrogen-bond donors (Lipinski definition) is 1. The third-order valence-corrected chi connectivity index (χ3v) is 3.99. The Labute approximate surface area is 146 Å². The van der Waals surface area contributed by atoms with Crippen molar-refractivity contribution in [3.63, 3.8) is 0 Å². The van der Waals surface area contributed by atoms with Gasteiger partial charge in [-0.2, -0.15) is 5.26 Å². The molecule has 0 saturated heterocycles. The lowest BCUT2D eigenvalue weighted by Crippen LogP contribution is -2.13. The Bertz CT molecular complexity index is 780. The molecule has 0 aromatic heterocycles. The molecule has 2 aromatic carbocycles. The van der Waals surface area contributed by atoms with E-state index in [4.69, 9.17) is 28.5 Å². The van der Waals surface area contributed by atoms with E-state index in [0.29, 0.717) is 15.7 Å². The minimum Gasteiger partial charge on any atom is -0.321 e. The summed E-state index contributed by atoms with van der Waals surface area (Å²) in [6.45, 7) is 0. The first-order valence-corrected chi connectivity index (χ1v) is 7.68. The minimum absolute atomic E-state index is 0.00612. The summed E-state index contributed by atoms with van der Waals surface area (Å²) < 4.78 is 0.920. The molecular formula is C16H9BrCl2N2O. The van der Waals surface area contributed by atoms with Crippen molar-refractivity contribution in [2.75, 3.05) is 5.32 Å². The Hall–Kier alpha value is -1.80. The summed E-state index contributed by atoms with van der Waals surface area (Å²) in [5.74, 6) is -0.510. The van der Waals surface area contributed by atoms with Crippen LogP contribution in [0.3, 0.4) is 0 Å². The van der Waals surface area contributed by atoms with E-state index in [0.717, 1.165) is 10.0 Å². The number of anilines is 1. The number of nitrogens with one attached hydrogen (secondary N) is 1. The molecule has 1 N–H and O–H groups in total. The number of carbonyl (C=O) groups is 1. The van der Waals surface area contributed by atoms with Crippen molar-refractivity contribution in [3.05, 3.63) is 68.1 Å². The average molecular weight is 396 g/mol. The molecule has 0 fully saturated rings. The summed E-state index contributed by atoms with van der Waals surface area (Å²) in [4.78, 5) is 12.1. The predicted octanol–water partition coefficient (Wildman–Crippen LogP) is 5.30. The number of benzene rings is 2. The SMILES string of the molecule is N#C/C(=C/c1ccc(Br)cc1)C(=O)Nc1ccc(Cl)c(Cl)c1. The number of halogens is 3. The molecule has 0 bridgehead atoms. The Balaban J connectivity index is 2.20. The second-order valence-electron chi connectivity index (χ2n) is 4.30. The normalized spacial score (nSPS) is 10.9. The highest BCUT2D eigenvalue weighted by Crippen LogP contribution is 2.25. The van der Waals surface area contributed by atoms with Gasteiger partial charge in [0.2, 0.25) is 0 Å². The largest absolute Gasteiger partial charge is 0.321 e. The van der Waals surface area contributed by atoms with Crippen LogP contribution in [-0.4, -0.2) is 5.91 Å². The standard InChI is InChI=1S/C16H9BrCl2N2O/c17-12-3-1-10(2-4-12)7-11(9-20)16(22)21-13-5-6-14(18)15(19)8-13/h1-8H,(H,21,22)/b11-7-. The molecule has 0 radical (unpaired) electrons. The van der Waals surface area contributed by atoms with Crippen LogP contribution in [0.2, 0.25) is 10.0 Å². The van der Waals surface area contributed by atoms with Gasteiger partial charge < -0.3 is 5.32 Å². The van der Waals surface area contributed by atoms with Gasteiger partial charge in [-0.1, -0.05) is 51.3 Å². The van der Waals surface area contributed by atoms with E-state index < -0.39 is 5.91 Å². The van der Waals surface area contributed by atoms with E-state index >= 15 is 0 Å². The molecule has 0 unspecified atom stereocenters. The fourth-order valence-electron chi connectivity index (χ4n) is 1.65. The highest BCUT2D eigenvalue weighted by atomic mass is 79.9. The van der Waals surface area contributed by atoms with Gasteiger partial charge in [-0.3, -0.25) is 4.79 Å². The van der Waals surface area contributed by atoms with Crippen LogP contribution in [0.5, 0.6) is 0 Å². The maximum absolute atomic E-state index is 12.1. The van der Waals surface area contributed by atoms with Gasteiger partial charge in [0.15, 0.2) is 0 Å². The summed E-state index contributed by atoms with van der Waals surface area (Å²) in [7, 11) is 0. The maximum atomic E-state index is 12.1. The molecule has 1 amide bonds. The van der Waals surface area contributed by atoms with Crippen LogP contribution in [0.15, 0.2) is 52.5 Å². The molecule has 2 rings (SSSR count). The van der Waals surface area contributed by atoms with Crippen LogP contribution in [0, 0.1) is 11.3 Å². The molecule has 110 valence electrons. The van der Waals surface area contributed by atoms with E-state index in [1.54, 1.807) is 24.3 Å². The lowest BCUT2D eigenvalue weighted by atomic mass is 10.1. The zero-order valence-electron chi connectivity index (χ0n) is 11.1. The van der Waals surface area contributed by atoms with Gasteiger partial charge >= 0.3 is 0 Å². The highest BCUT2D eigenvalue weighted by Gasteiger charge is 2.10. The molecule has 0 saturated carbocycles. The van der Waals surface area contributed by atoms with E-state index in [-0.39, 0.29) is 5.57 Å². The van der Waals surface area contributed by atoms with Crippen LogP contribution in [-0.2, 0) is 4.79 Å². The highest BCUT2D eigenvalue weighted by molar-refractivity contribution is 9.10. The summed E-state index contributed by atoms with van der Waals surface area (Å²) in [6.07, 6.45) is 1.51. The molecule has 6 heteroatoms. The van der Waals surface area contributed by atoms with Crippen molar-refractivity contribution >= 4 is 56.8 Å². The van der Waals surface area contributed by atoms with Gasteiger partial charge in [-0.25, -0.2) is 0 Å². The molecule has 3 nitrogen and oxygen atoms in total. The van der Waals surface area contributed by atoms with Gasteiger partial charge in [-0.05, 0) is 42.0 Å². The van der Waals surface area contributed by atoms with Crippen molar-refractivity contribution in [2.45, 2.75) is 0 Å². The molecule has 0 spiro atoms. The van der Waals surface area contributed by atoms with Crippen molar-refractivity contribution in [3.8, 4) is 6.07 Å². The van der Waals surface area contributed by atoms with Crippen LogP contribution in [0.1, 0.15) is 5.56 Å². The van der Waals surface area contributed by atoms with Crippen LogP contribution < -0.4 is 5.32 Å². The first kappa shape index (κ1) is 16.6. The second kappa shape index (κ2) is 7.46. The summed E-state index contributed by atoms with van der Waals surface area (Å²) in [5, 5.41) is 12.5. The maximum Gasteiger partial charge on any atom is 0.266 e. The van der Waals surface area contributed by atoms with E-state index in [2.05, 4.69) is 21.2 Å². The number of nitrogens with zero attached hydrogens (tertiary/aromatic N) is 1. The molecule has 0 aliphatic rings. The first-order chi connectivity index (χ1) is 10.5. The molecule has 0 heterocycles. The van der Waals surface area contributed by atoms with Crippen molar-refractivity contribution in [1.29, 1.82) is 5.26 Å². The zero-order valence-corrected chi connectivity index (χ0v) is 14.2. The predicted molar refractivity (Wildman–Crippen MR) is 92.8 cm³/mol. The number of nitriles is 1. The molecule has 0 atom stereocenters. The summed E-state index contributed by atoms with van der Waals surface area (Å²) in [6, 6.07) is 13.9. The van der Waals surface area contributed by atoms with Crippen LogP contribution in [0.4, 0.5) is 5.69 Å². The monoisotopic (exact) mass is 394 g/mol. The van der Waals surface area contributed by atoms with Crippen molar-refractivity contribution in [1.82, 2.24) is 0 Å². The minimum atomic E-state index is -0.510. The Morgan fingerprint density at radius 3 is 2.41 bits per heavy atom. The topological polar surface area (TPSA) is 52.9 Å². The fraction of sp³-hybridized carbons (Fsp3) is 0. The summed E-state index contributed by atoms with van der Waals surface area (Å²) in [5.41, 5.74) is 1.22. The van der Waals surface area contributed by atoms with Crippen molar-refractivity contribution in [2.24, 2.45) is 0 Å². The smallest absolute Gasteiger partial charge is 0.266 e. The number of carbonyl (C=O) groups excluding carboxylic acids is 1. The zero-order chi connectivity index (χ0) is 16.1. The second-order valence-corrected chi connectivity index (χ2v) is 6.03. The van der Waals surface area contributed by atoms with Gasteiger partial charge in [0.05, 0.1) is 10.0 Å². The van der Waals surface area contributed by atoms with Crippen molar-refractivity contribution < 1.29 is 4.79 Å². The van der Waals surface area contributed by atoms with Gasteiger partial charge in [0.1, 0.15) is 11.6 Å². The average Bonchev–Trinajstić information content (AvgIpc) is 2.50. The van der Waals surface area contributed by atoms with Crippen LogP contribution in [0.25, 0.3) is 6.08 Å². The third kappa shape index (κ3) is 4.35.